The number of carbonyl (C=O) groups excluding carboxylic acids is 1. The molecule has 15 fully saturated rings. The van der Waals surface area contributed by atoms with Crippen LogP contribution >= 0.6 is 0 Å². The molecule has 422 valence electrons. The molecule has 2 aromatic rings. The van der Waals surface area contributed by atoms with Gasteiger partial charge in [-0.05, 0) is 157 Å². The van der Waals surface area contributed by atoms with E-state index in [1.165, 1.54) is 12.8 Å². The van der Waals surface area contributed by atoms with Gasteiger partial charge in [-0.25, -0.2) is 29.3 Å². The number of fused-ring (bicyclic) bond motifs is 6. The Balaban J connectivity index is 0.000000117. The van der Waals surface area contributed by atoms with E-state index < -0.39 is 65.3 Å². The molecular formula is C58H84N2O16. The number of carboxylic acids is 1. The van der Waals surface area contributed by atoms with Gasteiger partial charge in [-0.15, -0.1) is 0 Å². The maximum absolute atomic E-state index is 11.7. The van der Waals surface area contributed by atoms with Crippen LogP contribution in [-0.4, -0.2) is 90.4 Å². The number of rotatable bonds is 6. The van der Waals surface area contributed by atoms with Crippen LogP contribution in [0.2, 0.25) is 0 Å². The molecule has 7 unspecified atom stereocenters. The van der Waals surface area contributed by atoms with Crippen LogP contribution in [0.3, 0.4) is 0 Å². The Morgan fingerprint density at radius 2 is 0.882 bits per heavy atom. The van der Waals surface area contributed by atoms with Gasteiger partial charge in [0.1, 0.15) is 24.5 Å². The number of Topliss-reactive ketones (excluding diaryl/α,β-unsaturated/α-hetero) is 1. The van der Waals surface area contributed by atoms with Crippen molar-refractivity contribution in [3.63, 3.8) is 0 Å². The number of hydrogen-bond donors (Lipinski definition) is 2. The van der Waals surface area contributed by atoms with E-state index in [1.807, 2.05) is 56.7 Å². The SMILES string of the molecule is CC(=O)Cn1cccc1[C@@H]1O[C@@H]2O[C@]3(C)CCC4[C@H](C)CCC([C@H]1C)[C@]42OO3.C[C@@H]1CCC2[C@@H](C)[C@H](c3cccn3CC(=O)O)O[C@@H]3O[C@]4(C)CCC1[C@@]23OO4.C[C@H]1C(O)O[C@@H]2O[C@]3(C)CCC4[C@H](C)CCC1[C@]42OO3. The third-order valence-corrected chi connectivity index (χ3v) is 21.4. The Kier molecular flexibility index (Phi) is 13.8. The van der Waals surface area contributed by atoms with Gasteiger partial charge in [0.2, 0.25) is 17.4 Å². The monoisotopic (exact) mass is 1060 g/mol. The highest BCUT2D eigenvalue weighted by Crippen LogP contribution is 2.65. The molecule has 14 heterocycles. The van der Waals surface area contributed by atoms with Crippen LogP contribution in [0.1, 0.15) is 170 Å². The molecule has 18 heteroatoms. The third kappa shape index (κ3) is 8.41. The largest absolute Gasteiger partial charge is 0.480 e. The van der Waals surface area contributed by atoms with Crippen molar-refractivity contribution >= 4 is 11.8 Å². The average Bonchev–Trinajstić information content (AvgIpc) is 3.86. The first-order valence-electron chi connectivity index (χ1n) is 28.9. The van der Waals surface area contributed by atoms with Crippen molar-refractivity contribution in [1.29, 1.82) is 0 Å². The molecule has 3 spiro atoms. The molecule has 3 aliphatic carbocycles. The van der Waals surface area contributed by atoms with Crippen molar-refractivity contribution < 1.29 is 77.5 Å². The second-order valence-electron chi connectivity index (χ2n) is 26.2. The van der Waals surface area contributed by atoms with Crippen molar-refractivity contribution in [2.75, 3.05) is 0 Å². The highest BCUT2D eigenvalue weighted by molar-refractivity contribution is 5.75. The van der Waals surface area contributed by atoms with Gasteiger partial charge in [0.15, 0.2) is 42.0 Å². The average molecular weight is 1070 g/mol. The van der Waals surface area contributed by atoms with E-state index >= 15 is 0 Å². The van der Waals surface area contributed by atoms with E-state index in [0.717, 1.165) is 75.6 Å². The summed E-state index contributed by atoms with van der Waals surface area (Å²) in [6.45, 7) is 21.1. The van der Waals surface area contributed by atoms with Crippen molar-refractivity contribution in [2.24, 2.45) is 71.0 Å². The van der Waals surface area contributed by atoms with Crippen LogP contribution in [0.4, 0.5) is 0 Å². The molecule has 24 atom stereocenters. The highest BCUT2D eigenvalue weighted by Gasteiger charge is 2.72. The molecule has 6 bridgehead atoms. The fourth-order valence-corrected chi connectivity index (χ4v) is 17.4. The Labute approximate surface area is 447 Å². The number of nitrogens with zero attached hydrogens (tertiary/aromatic N) is 2. The lowest BCUT2D eigenvalue weighted by molar-refractivity contribution is -0.576. The fraction of sp³-hybridized carbons (Fsp3) is 0.828. The number of aromatic nitrogens is 2. The summed E-state index contributed by atoms with van der Waals surface area (Å²) in [5.74, 6) is 0.842. The summed E-state index contributed by atoms with van der Waals surface area (Å²) in [4.78, 5) is 58.7. The molecule has 18 nitrogen and oxygen atoms in total. The van der Waals surface area contributed by atoms with E-state index in [2.05, 4.69) is 40.7 Å². The summed E-state index contributed by atoms with van der Waals surface area (Å²) in [5.41, 5.74) is 0.249. The number of aliphatic hydroxyl groups is 1. The predicted molar refractivity (Wildman–Crippen MR) is 268 cm³/mol. The van der Waals surface area contributed by atoms with Crippen LogP contribution < -0.4 is 0 Å². The number of ether oxygens (including phenoxy) is 6. The summed E-state index contributed by atoms with van der Waals surface area (Å²) in [5, 5.41) is 19.5. The first kappa shape index (κ1) is 53.8. The van der Waals surface area contributed by atoms with E-state index in [1.54, 1.807) is 17.7 Å². The normalized spacial score (nSPS) is 51.2. The smallest absolute Gasteiger partial charge is 0.323 e. The quantitative estimate of drug-likeness (QED) is 0.259. The molecule has 15 aliphatic rings. The van der Waals surface area contributed by atoms with Gasteiger partial charge in [0.25, 0.3) is 0 Å². The summed E-state index contributed by atoms with van der Waals surface area (Å²) < 4.78 is 41.7. The molecule has 0 aromatic carbocycles. The number of hydrogen-bond acceptors (Lipinski definition) is 15. The molecule has 3 saturated carbocycles. The maximum atomic E-state index is 11.7. The van der Waals surface area contributed by atoms with Crippen LogP contribution in [0.5, 0.6) is 0 Å². The summed E-state index contributed by atoms with van der Waals surface area (Å²) >= 11 is 0. The molecule has 2 N–H and O–H groups in total. The highest BCUT2D eigenvalue weighted by atomic mass is 17.3. The Morgan fingerprint density at radius 3 is 1.26 bits per heavy atom. The molecule has 12 aliphatic heterocycles. The second kappa shape index (κ2) is 19.4. The maximum Gasteiger partial charge on any atom is 0.323 e. The lowest BCUT2D eigenvalue weighted by Gasteiger charge is -2.60. The molecule has 2 aromatic heterocycles. The van der Waals surface area contributed by atoms with Gasteiger partial charge in [0.05, 0.1) is 6.54 Å². The minimum Gasteiger partial charge on any atom is -0.480 e. The van der Waals surface area contributed by atoms with Gasteiger partial charge < -0.3 is 47.8 Å². The van der Waals surface area contributed by atoms with E-state index in [-0.39, 0.29) is 54.1 Å². The van der Waals surface area contributed by atoms with Crippen molar-refractivity contribution in [3.05, 3.63) is 48.0 Å². The summed E-state index contributed by atoms with van der Waals surface area (Å²) in [6.07, 6.45) is 13.2. The molecule has 0 radical (unpaired) electrons. The lowest BCUT2D eigenvalue weighted by Crippen LogP contribution is -2.70. The molecular weight excluding hydrogens is 981 g/mol. The van der Waals surface area contributed by atoms with Gasteiger partial charge in [-0.3, -0.25) is 9.59 Å². The fourth-order valence-electron chi connectivity index (χ4n) is 17.4. The molecule has 17 rings (SSSR count). The number of aliphatic carboxylic acids is 1. The molecule has 12 saturated heterocycles. The topological polar surface area (TPSA) is 195 Å². The number of ketones is 1. The lowest BCUT2D eigenvalue weighted by atomic mass is 9.57. The van der Waals surface area contributed by atoms with Crippen LogP contribution in [0.15, 0.2) is 36.7 Å². The minimum atomic E-state index is -0.863. The van der Waals surface area contributed by atoms with Gasteiger partial charge in [-0.2, -0.15) is 0 Å². The zero-order valence-corrected chi connectivity index (χ0v) is 46.3. The van der Waals surface area contributed by atoms with E-state index in [4.69, 9.17) is 57.7 Å². The van der Waals surface area contributed by atoms with Crippen molar-refractivity contribution in [1.82, 2.24) is 9.13 Å². The third-order valence-electron chi connectivity index (χ3n) is 21.4. The first-order chi connectivity index (χ1) is 36.1. The number of aliphatic hydroxyl groups excluding tert-OH is 1. The van der Waals surface area contributed by atoms with E-state index in [9.17, 15) is 19.8 Å². The Morgan fingerprint density at radius 1 is 0.513 bits per heavy atom. The number of carboxylic acid groups (broad SMARTS) is 1. The van der Waals surface area contributed by atoms with Crippen LogP contribution in [0, 0.1) is 71.0 Å². The summed E-state index contributed by atoms with van der Waals surface area (Å²) in [6, 6.07) is 7.90. The van der Waals surface area contributed by atoms with Crippen molar-refractivity contribution in [3.8, 4) is 0 Å². The zero-order chi connectivity index (χ0) is 53.5. The van der Waals surface area contributed by atoms with Crippen molar-refractivity contribution in [2.45, 2.75) is 231 Å². The van der Waals surface area contributed by atoms with Gasteiger partial charge in [0, 0.05) is 66.7 Å². The standard InChI is InChI=1S/C22H31NO5.C21H29NO6.C15H24O5/c1-13-7-8-17-15(3)19(18-6-5-11-23(18)12-14(2)24)25-20-22(17)16(13)9-10-21(4,26-20)27-28-22;1-12-6-7-15-13(2)18(16-5-4-10-22(16)11-17(23)24)25-19-21(15)14(12)8-9-20(3,26-19)27-28-21;1-8-4-5-11-9(2)12(16)17-13-15(11)10(8)6-7-14(3,18-13)19-20-15/h5-6,11,13,15-17,19-20H,7-10,12H2,1-4H3;4-5,10,12-15,18-19H,6-9,11H2,1-3H3,(H,23,24);8-13,16H,4-7H2,1-3H3/t13-,15-,16?,17?,19-,20-,21+,22-;12-,13-,14?,15?,18-,19-,20+,21-;8-,9-,10?,11?,12?,13-,14+,15-/m111/s1. The first-order valence-corrected chi connectivity index (χ1v) is 28.9. The predicted octanol–water partition coefficient (Wildman–Crippen LogP) is 9.68. The van der Waals surface area contributed by atoms with Gasteiger partial charge >= 0.3 is 5.97 Å². The Bertz CT molecular complexity index is 2350. The Hall–Kier alpha value is -2.82. The number of carbonyl (C=O) groups is 2. The zero-order valence-electron chi connectivity index (χ0n) is 46.3. The summed E-state index contributed by atoms with van der Waals surface area (Å²) in [7, 11) is 0. The van der Waals surface area contributed by atoms with Crippen LogP contribution in [0.25, 0.3) is 0 Å². The van der Waals surface area contributed by atoms with E-state index in [0.29, 0.717) is 48.0 Å². The van der Waals surface area contributed by atoms with Crippen LogP contribution in [-0.2, 0) is 80.4 Å². The minimum absolute atomic E-state index is 0.0379. The van der Waals surface area contributed by atoms with Gasteiger partial charge in [-0.1, -0.05) is 41.5 Å². The second-order valence-corrected chi connectivity index (χ2v) is 26.2. The molecule has 76 heavy (non-hydrogen) atoms. The molecule has 0 amide bonds.